The van der Waals surface area contributed by atoms with E-state index < -0.39 is 5.41 Å². The molecule has 3 aliphatic heterocycles. The average Bonchev–Trinajstić information content (AvgIpc) is 3.92. The molecule has 2 aliphatic carbocycles. The molecule has 3 heterocycles. The summed E-state index contributed by atoms with van der Waals surface area (Å²) in [6, 6.07) is 66.2. The number of allylic oxidation sites excluding steroid dienone is 9. The first-order valence-electron chi connectivity index (χ1n) is 24.3. The molecule has 0 N–H and O–H groups in total. The van der Waals surface area contributed by atoms with Gasteiger partial charge in [-0.15, -0.1) is 0 Å². The van der Waals surface area contributed by atoms with Crippen molar-refractivity contribution in [3.05, 3.63) is 286 Å². The molecule has 0 bridgehead atoms. The van der Waals surface area contributed by atoms with Gasteiger partial charge < -0.3 is 9.64 Å². The summed E-state index contributed by atoms with van der Waals surface area (Å²) in [5.74, 6) is 3.55. The Labute approximate surface area is 414 Å². The third-order valence-corrected chi connectivity index (χ3v) is 16.6. The zero-order chi connectivity index (χ0) is 47.1. The third kappa shape index (κ3) is 6.54. The summed E-state index contributed by atoms with van der Waals surface area (Å²) in [6.07, 6.45) is 13.5. The fraction of sp³-hybridized carbons (Fsp3) is 0.106. The number of likely N-dealkylation sites (N-methyl/N-ethyl adjacent to an activating group) is 1. The summed E-state index contributed by atoms with van der Waals surface area (Å²) in [5, 5.41) is 2.47. The van der Waals surface area contributed by atoms with E-state index in [-0.39, 0.29) is 6.04 Å². The molecule has 3 atom stereocenters. The van der Waals surface area contributed by atoms with Gasteiger partial charge in [0, 0.05) is 45.0 Å². The summed E-state index contributed by atoms with van der Waals surface area (Å²) >= 11 is 1.86. The fourth-order valence-electron chi connectivity index (χ4n) is 11.9. The number of fused-ring (bicyclic) bond motifs is 11. The largest absolute Gasteiger partial charge is 0.457 e. The normalized spacial score (nSPS) is 19.2. The van der Waals surface area contributed by atoms with Crippen LogP contribution in [0.5, 0.6) is 11.5 Å². The van der Waals surface area contributed by atoms with Crippen molar-refractivity contribution in [2.45, 2.75) is 36.1 Å². The highest BCUT2D eigenvalue weighted by Crippen LogP contribution is 2.62. The number of nitrogens with zero attached hydrogens (tertiary/aromatic N) is 2. The maximum atomic E-state index is 6.59. The van der Waals surface area contributed by atoms with Crippen LogP contribution < -0.4 is 4.74 Å². The lowest BCUT2D eigenvalue weighted by molar-refractivity contribution is 0.430. The molecule has 0 saturated heterocycles. The Morgan fingerprint density at radius 1 is 0.671 bits per heavy atom. The van der Waals surface area contributed by atoms with Crippen molar-refractivity contribution in [1.29, 1.82) is 0 Å². The summed E-state index contributed by atoms with van der Waals surface area (Å²) in [5.41, 5.74) is 17.1. The van der Waals surface area contributed by atoms with E-state index in [1.165, 1.54) is 65.1 Å². The van der Waals surface area contributed by atoms with Gasteiger partial charge >= 0.3 is 0 Å². The van der Waals surface area contributed by atoms with E-state index in [1.807, 2.05) is 11.8 Å². The van der Waals surface area contributed by atoms with Crippen molar-refractivity contribution in [1.82, 2.24) is 4.90 Å². The van der Waals surface area contributed by atoms with Gasteiger partial charge in [0.15, 0.2) is 0 Å². The van der Waals surface area contributed by atoms with Crippen LogP contribution in [-0.2, 0) is 5.41 Å². The molecule has 2 unspecified atom stereocenters. The predicted molar refractivity (Wildman–Crippen MR) is 292 cm³/mol. The molecule has 0 aromatic heterocycles. The van der Waals surface area contributed by atoms with Gasteiger partial charge in [0.25, 0.3) is 0 Å². The van der Waals surface area contributed by atoms with Crippen LogP contribution in [0.15, 0.2) is 245 Å². The molecule has 4 heteroatoms. The lowest BCUT2D eigenvalue weighted by atomic mass is 9.65. The van der Waals surface area contributed by atoms with E-state index in [4.69, 9.17) is 9.73 Å². The Kier molecular flexibility index (Phi) is 10.0. The lowest BCUT2D eigenvalue weighted by Crippen LogP contribution is -2.34. The molecule has 5 aliphatic rings. The number of benzene rings is 8. The van der Waals surface area contributed by atoms with Crippen LogP contribution in [0.2, 0.25) is 0 Å². The van der Waals surface area contributed by atoms with Crippen molar-refractivity contribution in [2.75, 3.05) is 7.05 Å². The zero-order valence-electron chi connectivity index (χ0n) is 39.4. The van der Waals surface area contributed by atoms with E-state index in [0.717, 1.165) is 56.4 Å². The van der Waals surface area contributed by atoms with Gasteiger partial charge in [-0.1, -0.05) is 213 Å². The second-order valence-electron chi connectivity index (χ2n) is 19.2. The lowest BCUT2D eigenvalue weighted by Gasteiger charge is -2.40. The maximum Gasteiger partial charge on any atom is 0.137 e. The number of thioether (sulfide) groups is 1. The van der Waals surface area contributed by atoms with Crippen molar-refractivity contribution in [3.63, 3.8) is 0 Å². The number of hydrogen-bond acceptors (Lipinski definition) is 4. The summed E-state index contributed by atoms with van der Waals surface area (Å²) < 4.78 is 6.59. The number of aliphatic imine (C=N–C) groups is 1. The second-order valence-corrected chi connectivity index (χ2v) is 20.3. The van der Waals surface area contributed by atoms with E-state index in [2.05, 4.69) is 251 Å². The fourth-order valence-corrected chi connectivity index (χ4v) is 13.2. The van der Waals surface area contributed by atoms with Crippen LogP contribution in [0.25, 0.3) is 38.7 Å². The molecule has 0 radical (unpaired) electrons. The summed E-state index contributed by atoms with van der Waals surface area (Å²) in [6.45, 7) is 9.25. The Balaban J connectivity index is 0.845. The van der Waals surface area contributed by atoms with Crippen LogP contribution in [0, 0.1) is 5.92 Å². The molecule has 1 spiro atoms. The van der Waals surface area contributed by atoms with Gasteiger partial charge in [-0.25, -0.2) is 4.99 Å². The first-order valence-corrected chi connectivity index (χ1v) is 25.2. The smallest absolute Gasteiger partial charge is 0.137 e. The molecule has 0 fully saturated rings. The third-order valence-electron chi connectivity index (χ3n) is 15.3. The molecule has 336 valence electrons. The van der Waals surface area contributed by atoms with Crippen LogP contribution in [-0.4, -0.2) is 17.8 Å². The molecular formula is C66H50N2OS. The highest BCUT2D eigenvalue weighted by molar-refractivity contribution is 8.03. The zero-order valence-corrected chi connectivity index (χ0v) is 40.3. The van der Waals surface area contributed by atoms with Gasteiger partial charge in [-0.05, 0) is 110 Å². The number of hydrogen-bond donors (Lipinski definition) is 0. The van der Waals surface area contributed by atoms with Crippen molar-refractivity contribution in [2.24, 2.45) is 10.9 Å². The van der Waals surface area contributed by atoms with E-state index >= 15 is 0 Å². The van der Waals surface area contributed by atoms with E-state index in [9.17, 15) is 0 Å². The van der Waals surface area contributed by atoms with Gasteiger partial charge in [-0.3, -0.25) is 0 Å². The SMILES string of the molecule is C=C(/C=C\C1=C(C)C2(c3ccccc3Oc3ccccc32)c2ccc3ccccc3c21)c1ccc(-c2cccc(C3=C4Sc5ccccc5C4N(C)C(c4cccc(C5C=CC=C[C@@H]5C)c4)=N3)c2)cc1. The molecular weight excluding hydrogens is 869 g/mol. The number of para-hydroxylation sites is 2. The minimum atomic E-state index is -0.505. The van der Waals surface area contributed by atoms with Crippen LogP contribution in [0.4, 0.5) is 0 Å². The first kappa shape index (κ1) is 42.2. The minimum absolute atomic E-state index is 0.0793. The van der Waals surface area contributed by atoms with Crippen molar-refractivity contribution < 1.29 is 4.74 Å². The van der Waals surface area contributed by atoms with Crippen LogP contribution in [0.3, 0.4) is 0 Å². The maximum absolute atomic E-state index is 6.59. The molecule has 8 aromatic carbocycles. The predicted octanol–water partition coefficient (Wildman–Crippen LogP) is 16.8. The topological polar surface area (TPSA) is 24.8 Å². The van der Waals surface area contributed by atoms with Crippen molar-refractivity contribution in [3.8, 4) is 22.6 Å². The molecule has 13 rings (SSSR count). The quantitative estimate of drug-likeness (QED) is 0.149. The molecule has 3 nitrogen and oxygen atoms in total. The summed E-state index contributed by atoms with van der Waals surface area (Å²) in [7, 11) is 2.20. The van der Waals surface area contributed by atoms with Crippen LogP contribution >= 0.6 is 11.8 Å². The number of amidine groups is 1. The molecule has 70 heavy (non-hydrogen) atoms. The highest BCUT2D eigenvalue weighted by atomic mass is 32.2. The van der Waals surface area contributed by atoms with E-state index in [0.29, 0.717) is 11.8 Å². The Morgan fingerprint density at radius 2 is 1.37 bits per heavy atom. The Morgan fingerprint density at radius 3 is 2.19 bits per heavy atom. The standard InChI is InChI=1S/C66H50N2OS/c1-41(31-37-52-43(3)66(57-38-36-46-18-6-8-24-53(46)61(52)57)55-26-10-12-28-58(55)69-59-29-13-11-27-56(59)66)44-32-34-45(35-33-44)47-19-15-21-49(39-47)62-64-63(54-25-9-14-30-60(54)70-64)68(4)65(67-62)50-22-16-20-48(40-50)51-23-7-5-17-42(51)2/h5-40,42,51,63H,1H2,2-4H3/b37-31-/t42-,51?,63?/m0/s1. The van der Waals surface area contributed by atoms with Gasteiger partial charge in [0.1, 0.15) is 17.3 Å². The number of rotatable bonds is 7. The minimum Gasteiger partial charge on any atom is -0.457 e. The first-order chi connectivity index (χ1) is 34.4. The van der Waals surface area contributed by atoms with Crippen molar-refractivity contribution >= 4 is 45.2 Å². The van der Waals surface area contributed by atoms with Gasteiger partial charge in [-0.2, -0.15) is 0 Å². The monoisotopic (exact) mass is 918 g/mol. The van der Waals surface area contributed by atoms with Crippen LogP contribution in [0.1, 0.15) is 75.9 Å². The second kappa shape index (κ2) is 16.6. The van der Waals surface area contributed by atoms with Gasteiger partial charge in [0.2, 0.25) is 0 Å². The highest BCUT2D eigenvalue weighted by Gasteiger charge is 2.51. The molecule has 0 saturated carbocycles. The Bertz CT molecular complexity index is 3650. The van der Waals surface area contributed by atoms with E-state index in [1.54, 1.807) is 0 Å². The number of ether oxygens (including phenoxy) is 1. The average molecular weight is 919 g/mol. The molecule has 0 amide bonds. The molecule has 8 aromatic rings. The summed E-state index contributed by atoms with van der Waals surface area (Å²) in [4.78, 5) is 10.5. The Hall–Kier alpha value is -7.92. The van der Waals surface area contributed by atoms with Gasteiger partial charge in [0.05, 0.1) is 17.2 Å².